The van der Waals surface area contributed by atoms with Gasteiger partial charge in [0, 0.05) is 12.0 Å². The highest BCUT2D eigenvalue weighted by Crippen LogP contribution is 2.29. The molecule has 2 aromatic carbocycles. The first-order valence-electron chi connectivity index (χ1n) is 9.77. The summed E-state index contributed by atoms with van der Waals surface area (Å²) in [6.07, 6.45) is 2.91. The number of carbonyl (C=O) groups excluding carboxylic acids is 1. The molecular weight excluding hydrogens is 352 g/mol. The summed E-state index contributed by atoms with van der Waals surface area (Å²) < 4.78 is 11.6. The van der Waals surface area contributed by atoms with Gasteiger partial charge < -0.3 is 15.2 Å². The Bertz CT molecular complexity index is 805. The van der Waals surface area contributed by atoms with Gasteiger partial charge in [-0.1, -0.05) is 12.1 Å². The lowest BCUT2D eigenvalue weighted by Crippen LogP contribution is -2.14. The number of Topliss-reactive ketones (excluding diaryl/α,β-unsaturated/α-hetero) is 1. The molecule has 0 aliphatic heterocycles. The van der Waals surface area contributed by atoms with Crippen LogP contribution in [0.4, 0.5) is 0 Å². The quantitative estimate of drug-likeness (QED) is 0.377. The average molecular weight is 380 g/mol. The van der Waals surface area contributed by atoms with Gasteiger partial charge in [0.1, 0.15) is 18.1 Å². The van der Waals surface area contributed by atoms with E-state index in [0.29, 0.717) is 24.4 Å². The van der Waals surface area contributed by atoms with Crippen molar-refractivity contribution in [3.05, 3.63) is 59.7 Å². The van der Waals surface area contributed by atoms with Crippen LogP contribution in [-0.2, 0) is 6.61 Å². The van der Waals surface area contributed by atoms with Crippen molar-refractivity contribution in [3.8, 4) is 11.5 Å². The molecule has 0 bridgehead atoms. The fourth-order valence-corrected chi connectivity index (χ4v) is 2.86. The number of amidine groups is 1. The predicted octanol–water partition coefficient (Wildman–Crippen LogP) is 4.39. The fourth-order valence-electron chi connectivity index (χ4n) is 2.86. The Labute approximate surface area is 166 Å². The van der Waals surface area contributed by atoms with Crippen molar-refractivity contribution < 1.29 is 14.3 Å². The monoisotopic (exact) mass is 380 g/mol. The van der Waals surface area contributed by atoms with E-state index in [2.05, 4.69) is 4.99 Å². The van der Waals surface area contributed by atoms with Crippen molar-refractivity contribution in [1.82, 2.24) is 0 Å². The molecule has 1 aliphatic carbocycles. The van der Waals surface area contributed by atoms with Crippen LogP contribution in [0.1, 0.15) is 49.0 Å². The van der Waals surface area contributed by atoms with Crippen molar-refractivity contribution in [2.75, 3.05) is 6.61 Å². The van der Waals surface area contributed by atoms with Crippen LogP contribution in [0.2, 0.25) is 0 Å². The summed E-state index contributed by atoms with van der Waals surface area (Å²) in [5, 5.41) is 0. The maximum Gasteiger partial charge on any atom is 0.164 e. The molecule has 0 saturated heterocycles. The molecule has 0 heterocycles. The van der Waals surface area contributed by atoms with Gasteiger partial charge in [0.2, 0.25) is 0 Å². The molecule has 0 amide bonds. The highest BCUT2D eigenvalue weighted by atomic mass is 16.5. The van der Waals surface area contributed by atoms with Gasteiger partial charge in [0.15, 0.2) is 5.78 Å². The minimum absolute atomic E-state index is 0.0471. The van der Waals surface area contributed by atoms with E-state index in [1.54, 1.807) is 19.1 Å². The molecule has 5 nitrogen and oxygen atoms in total. The smallest absolute Gasteiger partial charge is 0.164 e. The second kappa shape index (κ2) is 9.40. The van der Waals surface area contributed by atoms with E-state index in [-0.39, 0.29) is 11.8 Å². The number of rotatable bonds is 10. The maximum atomic E-state index is 12.3. The molecule has 2 N–H and O–H groups in total. The van der Waals surface area contributed by atoms with E-state index in [4.69, 9.17) is 15.2 Å². The number of benzene rings is 2. The number of carbonyl (C=O) groups is 1. The van der Waals surface area contributed by atoms with Crippen LogP contribution in [0.3, 0.4) is 0 Å². The minimum Gasteiger partial charge on any atom is -0.493 e. The third-order valence-corrected chi connectivity index (χ3v) is 4.59. The van der Waals surface area contributed by atoms with Gasteiger partial charge in [-0.2, -0.15) is 0 Å². The molecule has 28 heavy (non-hydrogen) atoms. The van der Waals surface area contributed by atoms with Gasteiger partial charge in [-0.25, -0.2) is 0 Å². The Morgan fingerprint density at radius 3 is 2.29 bits per heavy atom. The Hall–Kier alpha value is -2.82. The molecule has 1 aliphatic rings. The molecule has 148 valence electrons. The van der Waals surface area contributed by atoms with Gasteiger partial charge in [-0.15, -0.1) is 0 Å². The van der Waals surface area contributed by atoms with E-state index in [1.807, 2.05) is 43.3 Å². The van der Waals surface area contributed by atoms with E-state index in [1.165, 1.54) is 12.8 Å². The number of hydrogen-bond donors (Lipinski definition) is 1. The zero-order valence-electron chi connectivity index (χ0n) is 16.6. The summed E-state index contributed by atoms with van der Waals surface area (Å²) in [6, 6.07) is 15.1. The topological polar surface area (TPSA) is 73.9 Å². The number of ketones is 1. The number of nitrogens with two attached hydrogens (primary N) is 1. The van der Waals surface area contributed by atoms with E-state index < -0.39 is 0 Å². The molecule has 5 heteroatoms. The molecule has 0 spiro atoms. The highest BCUT2D eigenvalue weighted by Gasteiger charge is 2.21. The maximum absolute atomic E-state index is 12.3. The lowest BCUT2D eigenvalue weighted by Gasteiger charge is -2.09. The van der Waals surface area contributed by atoms with Gasteiger partial charge in [-0.3, -0.25) is 9.79 Å². The van der Waals surface area contributed by atoms with E-state index >= 15 is 0 Å². The summed E-state index contributed by atoms with van der Waals surface area (Å²) in [5.41, 5.74) is 7.29. The van der Waals surface area contributed by atoms with Gasteiger partial charge in [-0.05, 0) is 74.6 Å². The molecule has 3 rings (SSSR count). The lowest BCUT2D eigenvalue weighted by molar-refractivity contribution is 0.0977. The molecule has 2 aromatic rings. The van der Waals surface area contributed by atoms with Crippen molar-refractivity contribution in [2.24, 2.45) is 16.6 Å². The Kier molecular flexibility index (Phi) is 6.69. The normalized spacial score (nSPS) is 15.1. The lowest BCUT2D eigenvalue weighted by atomic mass is 10.0. The zero-order chi connectivity index (χ0) is 19.9. The summed E-state index contributed by atoms with van der Waals surface area (Å²) in [7, 11) is 0. The Balaban J connectivity index is 1.47. The van der Waals surface area contributed by atoms with E-state index in [0.717, 1.165) is 29.6 Å². The van der Waals surface area contributed by atoms with Crippen LogP contribution < -0.4 is 15.2 Å². The molecule has 1 fully saturated rings. The van der Waals surface area contributed by atoms with Crippen LogP contribution in [0, 0.1) is 5.92 Å². The molecule has 0 radical (unpaired) electrons. The van der Waals surface area contributed by atoms with Gasteiger partial charge >= 0.3 is 0 Å². The third-order valence-electron chi connectivity index (χ3n) is 4.59. The SMILES string of the molecule is CC(N)=NC(C)CC(=O)c1ccc(OCc2ccc(OCC3CC3)cc2)cc1. The number of hydrogen-bond acceptors (Lipinski definition) is 4. The standard InChI is InChI=1S/C23H28N2O3/c1-16(25-17(2)24)13-23(26)20-7-11-22(12-8-20)28-15-19-5-9-21(10-6-19)27-14-18-3-4-18/h5-12,16,18H,3-4,13-15H2,1-2H3,(H2,24,25). The third kappa shape index (κ3) is 6.41. The predicted molar refractivity (Wildman–Crippen MR) is 111 cm³/mol. The first-order chi connectivity index (χ1) is 13.5. The fraction of sp³-hybridized carbons (Fsp3) is 0.391. The van der Waals surface area contributed by atoms with Crippen molar-refractivity contribution in [2.45, 2.75) is 45.8 Å². The Morgan fingerprint density at radius 2 is 1.68 bits per heavy atom. The van der Waals surface area contributed by atoms with Crippen LogP contribution >= 0.6 is 0 Å². The first kappa shape index (κ1) is 19.9. The molecule has 1 saturated carbocycles. The van der Waals surface area contributed by atoms with Crippen LogP contribution in [0.15, 0.2) is 53.5 Å². The molecule has 1 unspecified atom stereocenters. The number of aliphatic imine (C=N–C) groups is 1. The van der Waals surface area contributed by atoms with Gasteiger partial charge in [0.05, 0.1) is 18.5 Å². The molecule has 0 aromatic heterocycles. The van der Waals surface area contributed by atoms with Crippen LogP contribution in [-0.4, -0.2) is 24.3 Å². The zero-order valence-corrected chi connectivity index (χ0v) is 16.6. The van der Waals surface area contributed by atoms with Crippen LogP contribution in [0.5, 0.6) is 11.5 Å². The summed E-state index contributed by atoms with van der Waals surface area (Å²) in [5.74, 6) is 2.92. The number of nitrogens with zero attached hydrogens (tertiary/aromatic N) is 1. The second-order valence-electron chi connectivity index (χ2n) is 7.46. The summed E-state index contributed by atoms with van der Waals surface area (Å²) >= 11 is 0. The second-order valence-corrected chi connectivity index (χ2v) is 7.46. The molecule has 1 atom stereocenters. The molecular formula is C23H28N2O3. The Morgan fingerprint density at radius 1 is 1.07 bits per heavy atom. The van der Waals surface area contributed by atoms with Crippen molar-refractivity contribution in [3.63, 3.8) is 0 Å². The minimum atomic E-state index is -0.121. The average Bonchev–Trinajstić information content (AvgIpc) is 3.49. The van der Waals surface area contributed by atoms with Crippen LogP contribution in [0.25, 0.3) is 0 Å². The van der Waals surface area contributed by atoms with Crippen molar-refractivity contribution >= 4 is 11.6 Å². The van der Waals surface area contributed by atoms with Gasteiger partial charge in [0.25, 0.3) is 0 Å². The first-order valence-corrected chi connectivity index (χ1v) is 9.77. The largest absolute Gasteiger partial charge is 0.493 e. The summed E-state index contributed by atoms with van der Waals surface area (Å²) in [6.45, 7) is 4.89. The van der Waals surface area contributed by atoms with E-state index in [9.17, 15) is 4.79 Å². The number of ether oxygens (including phenoxy) is 2. The highest BCUT2D eigenvalue weighted by molar-refractivity contribution is 5.96. The van der Waals surface area contributed by atoms with Crippen molar-refractivity contribution in [1.29, 1.82) is 0 Å². The summed E-state index contributed by atoms with van der Waals surface area (Å²) in [4.78, 5) is 16.5.